The summed E-state index contributed by atoms with van der Waals surface area (Å²) in [6, 6.07) is 11.6. The number of hydrogen-bond acceptors (Lipinski definition) is 5. The highest BCUT2D eigenvalue weighted by Gasteiger charge is 2.17. The molecular weight excluding hydrogens is 380 g/mol. The van der Waals surface area contributed by atoms with Crippen LogP contribution in [0.4, 0.5) is 0 Å². The lowest BCUT2D eigenvalue weighted by molar-refractivity contribution is -0.114. The van der Waals surface area contributed by atoms with Crippen LogP contribution in [0.3, 0.4) is 0 Å². The number of hydrogen-bond donors (Lipinski definition) is 1. The first kappa shape index (κ1) is 21.1. The van der Waals surface area contributed by atoms with Gasteiger partial charge in [-0.25, -0.2) is 4.68 Å². The molecule has 0 atom stereocenters. The van der Waals surface area contributed by atoms with Gasteiger partial charge < -0.3 is 14.9 Å². The molecule has 7 nitrogen and oxygen atoms in total. The monoisotopic (exact) mass is 406 g/mol. The summed E-state index contributed by atoms with van der Waals surface area (Å²) in [5, 5.41) is 10.9. The fraction of sp³-hybridized carbons (Fsp3) is 0.261. The largest absolute Gasteiger partial charge is 0.486 e. The van der Waals surface area contributed by atoms with E-state index in [0.29, 0.717) is 11.3 Å². The van der Waals surface area contributed by atoms with E-state index in [0.717, 1.165) is 11.3 Å². The summed E-state index contributed by atoms with van der Waals surface area (Å²) in [6.45, 7) is 6.55. The summed E-state index contributed by atoms with van der Waals surface area (Å²) < 4.78 is 7.77. The zero-order valence-corrected chi connectivity index (χ0v) is 17.9. The van der Waals surface area contributed by atoms with Crippen LogP contribution in [-0.2, 0) is 16.2 Å². The van der Waals surface area contributed by atoms with Crippen LogP contribution in [0.25, 0.3) is 5.69 Å². The molecule has 0 saturated heterocycles. The van der Waals surface area contributed by atoms with Gasteiger partial charge in [-0.1, -0.05) is 35.5 Å². The van der Waals surface area contributed by atoms with Crippen molar-refractivity contribution in [1.82, 2.24) is 15.1 Å². The number of benzene rings is 2. The molecule has 0 saturated carbocycles. The maximum atomic E-state index is 12.2. The number of aryl methyl sites for hydroxylation is 1. The van der Waals surface area contributed by atoms with Crippen LogP contribution in [0.2, 0.25) is 0 Å². The molecule has 30 heavy (non-hydrogen) atoms. The second-order valence-corrected chi connectivity index (χ2v) is 6.92. The highest BCUT2D eigenvalue weighted by Crippen LogP contribution is 2.23. The van der Waals surface area contributed by atoms with E-state index in [-0.39, 0.29) is 18.2 Å². The second-order valence-electron chi connectivity index (χ2n) is 6.92. The minimum atomic E-state index is -0.331. The minimum absolute atomic E-state index is 0.195. The van der Waals surface area contributed by atoms with Crippen LogP contribution in [-0.4, -0.2) is 35.6 Å². The first-order valence-corrected chi connectivity index (χ1v) is 9.62. The quantitative estimate of drug-likeness (QED) is 0.481. The topological polar surface area (TPSA) is 77.7 Å². The molecule has 2 aromatic carbocycles. The summed E-state index contributed by atoms with van der Waals surface area (Å²) in [7, 11) is 2.96. The molecule has 1 aromatic heterocycles. The predicted molar refractivity (Wildman–Crippen MR) is 116 cm³/mol. The molecule has 0 aliphatic heterocycles. The third-order valence-corrected chi connectivity index (χ3v) is 5.13. The van der Waals surface area contributed by atoms with E-state index in [9.17, 15) is 4.79 Å². The highest BCUT2D eigenvalue weighted by atomic mass is 16.6. The van der Waals surface area contributed by atoms with Gasteiger partial charge in [-0.05, 0) is 49.1 Å². The summed E-state index contributed by atoms with van der Waals surface area (Å²) in [4.78, 5) is 17.0. The van der Waals surface area contributed by atoms with E-state index in [2.05, 4.69) is 48.5 Å². The number of aromatic nitrogens is 2. The summed E-state index contributed by atoms with van der Waals surface area (Å²) in [5.74, 6) is 0.301. The van der Waals surface area contributed by atoms with Gasteiger partial charge in [0.15, 0.2) is 11.5 Å². The van der Waals surface area contributed by atoms with E-state index in [1.54, 1.807) is 13.2 Å². The molecule has 7 heteroatoms. The highest BCUT2D eigenvalue weighted by molar-refractivity contribution is 6.45. The number of nitrogens with zero attached hydrogens (tertiary/aromatic N) is 3. The Morgan fingerprint density at radius 2 is 1.90 bits per heavy atom. The third kappa shape index (κ3) is 4.35. The molecule has 3 aromatic rings. The minimum Gasteiger partial charge on any atom is -0.486 e. The summed E-state index contributed by atoms with van der Waals surface area (Å²) in [6.07, 6.45) is 3.53. The Morgan fingerprint density at radius 3 is 2.63 bits per heavy atom. The molecule has 0 bridgehead atoms. The second kappa shape index (κ2) is 9.26. The Bertz CT molecular complexity index is 1090. The Kier molecular flexibility index (Phi) is 6.51. The van der Waals surface area contributed by atoms with Gasteiger partial charge in [-0.2, -0.15) is 5.10 Å². The SMILES string of the molecule is CNC(=O)/C(=N\OC)c1ccccc1COc1cnn(-c2ccc(C)c(C)c2C)c1. The first-order valence-electron chi connectivity index (χ1n) is 9.62. The zero-order valence-electron chi connectivity index (χ0n) is 17.9. The number of rotatable bonds is 7. The predicted octanol–water partition coefficient (Wildman–Crippen LogP) is 3.47. The van der Waals surface area contributed by atoms with Crippen LogP contribution in [0, 0.1) is 20.8 Å². The number of oxime groups is 1. The molecule has 0 aliphatic rings. The lowest BCUT2D eigenvalue weighted by Crippen LogP contribution is -2.29. The average Bonchev–Trinajstić information content (AvgIpc) is 3.23. The molecule has 0 unspecified atom stereocenters. The van der Waals surface area contributed by atoms with Gasteiger partial charge >= 0.3 is 0 Å². The summed E-state index contributed by atoms with van der Waals surface area (Å²) in [5.41, 5.74) is 6.35. The van der Waals surface area contributed by atoms with Crippen molar-refractivity contribution in [2.24, 2.45) is 5.16 Å². The van der Waals surface area contributed by atoms with Crippen molar-refractivity contribution in [1.29, 1.82) is 0 Å². The maximum Gasteiger partial charge on any atom is 0.273 e. The number of amides is 1. The van der Waals surface area contributed by atoms with Crippen LogP contribution in [0.5, 0.6) is 5.75 Å². The average molecular weight is 406 g/mol. The van der Waals surface area contributed by atoms with Crippen molar-refractivity contribution in [3.63, 3.8) is 0 Å². The van der Waals surface area contributed by atoms with Crippen molar-refractivity contribution in [3.8, 4) is 11.4 Å². The number of ether oxygens (including phenoxy) is 1. The molecule has 0 fully saturated rings. The van der Waals surface area contributed by atoms with E-state index < -0.39 is 0 Å². The van der Waals surface area contributed by atoms with Gasteiger partial charge in [0, 0.05) is 12.6 Å². The molecule has 0 spiro atoms. The van der Waals surface area contributed by atoms with Crippen molar-refractivity contribution in [2.45, 2.75) is 27.4 Å². The number of nitrogens with one attached hydrogen (secondary N) is 1. The third-order valence-electron chi connectivity index (χ3n) is 5.13. The number of carbonyl (C=O) groups excluding carboxylic acids is 1. The molecule has 1 amide bonds. The fourth-order valence-corrected chi connectivity index (χ4v) is 3.16. The Labute approximate surface area is 176 Å². The van der Waals surface area contributed by atoms with E-state index in [1.807, 2.05) is 35.1 Å². The van der Waals surface area contributed by atoms with E-state index >= 15 is 0 Å². The van der Waals surface area contributed by atoms with Gasteiger partial charge in [0.05, 0.1) is 18.1 Å². The van der Waals surface area contributed by atoms with Gasteiger partial charge in [-0.15, -0.1) is 0 Å². The smallest absolute Gasteiger partial charge is 0.273 e. The van der Waals surface area contributed by atoms with Crippen molar-refractivity contribution >= 4 is 11.6 Å². The van der Waals surface area contributed by atoms with Crippen LogP contribution in [0.15, 0.2) is 53.9 Å². The van der Waals surface area contributed by atoms with E-state index in [1.165, 1.54) is 23.8 Å². The molecule has 0 aliphatic carbocycles. The van der Waals surface area contributed by atoms with Crippen molar-refractivity contribution in [2.75, 3.05) is 14.2 Å². The van der Waals surface area contributed by atoms with Crippen molar-refractivity contribution < 1.29 is 14.4 Å². The van der Waals surface area contributed by atoms with Gasteiger partial charge in [0.2, 0.25) is 0 Å². The van der Waals surface area contributed by atoms with Crippen molar-refractivity contribution in [3.05, 3.63) is 76.6 Å². The molecule has 156 valence electrons. The Morgan fingerprint density at radius 1 is 1.13 bits per heavy atom. The fourth-order valence-electron chi connectivity index (χ4n) is 3.16. The van der Waals surface area contributed by atoms with E-state index in [4.69, 9.17) is 9.57 Å². The van der Waals surface area contributed by atoms with Gasteiger partial charge in [-0.3, -0.25) is 4.79 Å². The standard InChI is InChI=1S/C23H26N4O3/c1-15-10-11-21(17(3)16(15)2)27-13-19(12-25-27)30-14-18-8-6-7-9-20(18)22(26-29-5)23(28)24-4/h6-13H,14H2,1-5H3,(H,24,28)/b26-22-. The van der Waals surface area contributed by atoms with Gasteiger partial charge in [0.25, 0.3) is 5.91 Å². The maximum absolute atomic E-state index is 12.2. The van der Waals surface area contributed by atoms with Crippen LogP contribution < -0.4 is 10.1 Å². The van der Waals surface area contributed by atoms with Crippen LogP contribution >= 0.6 is 0 Å². The number of likely N-dealkylation sites (N-methyl/N-ethyl adjacent to an activating group) is 1. The Balaban J connectivity index is 1.82. The zero-order chi connectivity index (χ0) is 21.7. The number of carbonyl (C=O) groups is 1. The molecule has 3 rings (SSSR count). The van der Waals surface area contributed by atoms with Gasteiger partial charge in [0.1, 0.15) is 13.7 Å². The molecule has 0 radical (unpaired) electrons. The molecule has 1 N–H and O–H groups in total. The molecular formula is C23H26N4O3. The first-order chi connectivity index (χ1) is 14.5. The lowest BCUT2D eigenvalue weighted by atomic mass is 10.0. The Hall–Kier alpha value is -3.61. The normalized spacial score (nSPS) is 11.3. The lowest BCUT2D eigenvalue weighted by Gasteiger charge is -2.12. The molecule has 1 heterocycles. The van der Waals surface area contributed by atoms with Crippen LogP contribution in [0.1, 0.15) is 27.8 Å². The summed E-state index contributed by atoms with van der Waals surface area (Å²) >= 11 is 0.